The van der Waals surface area contributed by atoms with Gasteiger partial charge in [-0.2, -0.15) is 0 Å². The number of nitrogens with zero attached hydrogens (tertiary/aromatic N) is 1. The van der Waals surface area contributed by atoms with E-state index in [1.165, 1.54) is 32.1 Å². The summed E-state index contributed by atoms with van der Waals surface area (Å²) >= 11 is 0. The van der Waals surface area contributed by atoms with Gasteiger partial charge in [0.05, 0.1) is 6.04 Å². The fourth-order valence-corrected chi connectivity index (χ4v) is 1.54. The van der Waals surface area contributed by atoms with E-state index in [2.05, 4.69) is 11.6 Å². The highest BCUT2D eigenvalue weighted by Crippen LogP contribution is 2.19. The summed E-state index contributed by atoms with van der Waals surface area (Å²) in [5, 5.41) is 0. The summed E-state index contributed by atoms with van der Waals surface area (Å²) in [6.07, 6.45) is 8.08. The van der Waals surface area contributed by atoms with Crippen LogP contribution in [0.3, 0.4) is 0 Å². The largest absolute Gasteiger partial charge is 0.479 e. The maximum absolute atomic E-state index is 5.21. The molecule has 0 N–H and O–H groups in total. The average Bonchev–Trinajstić information content (AvgIpc) is 2.14. The van der Waals surface area contributed by atoms with E-state index in [1.54, 1.807) is 6.40 Å². The van der Waals surface area contributed by atoms with Crippen LogP contribution in [0.5, 0.6) is 0 Å². The van der Waals surface area contributed by atoms with Crippen LogP contribution in [0.2, 0.25) is 0 Å². The second kappa shape index (κ2) is 5.79. The second-order valence-electron chi connectivity index (χ2n) is 3.81. The minimum Gasteiger partial charge on any atom is -0.479 e. The molecule has 1 saturated carbocycles. The van der Waals surface area contributed by atoms with E-state index < -0.39 is 0 Å². The molecular formula is C11H19NO. The molecule has 0 spiro atoms. The van der Waals surface area contributed by atoms with Crippen LogP contribution in [-0.4, -0.2) is 19.0 Å². The highest BCUT2D eigenvalue weighted by Gasteiger charge is 2.10. The molecular weight excluding hydrogens is 162 g/mol. The first-order valence-electron chi connectivity index (χ1n) is 5.06. The molecule has 1 rings (SSSR count). The fraction of sp³-hybridized carbons (Fsp3) is 0.727. The Morgan fingerprint density at radius 3 is 2.77 bits per heavy atom. The first kappa shape index (κ1) is 10.3. The van der Waals surface area contributed by atoms with Crippen LogP contribution in [0.4, 0.5) is 0 Å². The standard InChI is InChI=1S/C11H19NO/c1-10(2)8-13-9-12-11-6-4-3-5-7-11/h9,11H,1,3-8H2,2H3. The van der Waals surface area contributed by atoms with Gasteiger partial charge in [0, 0.05) is 0 Å². The molecule has 1 fully saturated rings. The van der Waals surface area contributed by atoms with E-state index in [1.807, 2.05) is 6.92 Å². The Labute approximate surface area is 80.7 Å². The molecule has 0 aromatic carbocycles. The summed E-state index contributed by atoms with van der Waals surface area (Å²) in [5.41, 5.74) is 1.04. The number of ether oxygens (including phenoxy) is 1. The molecule has 2 heteroatoms. The molecule has 0 aromatic heterocycles. The van der Waals surface area contributed by atoms with Crippen molar-refractivity contribution in [3.05, 3.63) is 12.2 Å². The fourth-order valence-electron chi connectivity index (χ4n) is 1.54. The van der Waals surface area contributed by atoms with Crippen molar-refractivity contribution >= 4 is 6.40 Å². The van der Waals surface area contributed by atoms with Crippen molar-refractivity contribution in [1.29, 1.82) is 0 Å². The summed E-state index contributed by atoms with van der Waals surface area (Å²) in [6, 6.07) is 0.513. The highest BCUT2D eigenvalue weighted by atomic mass is 16.5. The molecule has 0 radical (unpaired) electrons. The van der Waals surface area contributed by atoms with Crippen LogP contribution in [0.25, 0.3) is 0 Å². The van der Waals surface area contributed by atoms with Gasteiger partial charge in [0.2, 0.25) is 0 Å². The van der Waals surface area contributed by atoms with Crippen molar-refractivity contribution in [2.45, 2.75) is 45.1 Å². The third-order valence-electron chi connectivity index (χ3n) is 2.25. The Morgan fingerprint density at radius 1 is 1.46 bits per heavy atom. The maximum atomic E-state index is 5.21. The van der Waals surface area contributed by atoms with Gasteiger partial charge >= 0.3 is 0 Å². The zero-order chi connectivity index (χ0) is 9.52. The van der Waals surface area contributed by atoms with Gasteiger partial charge in [-0.3, -0.25) is 4.99 Å². The predicted molar refractivity (Wildman–Crippen MR) is 56.1 cm³/mol. The summed E-state index contributed by atoms with van der Waals surface area (Å²) in [4.78, 5) is 4.37. The Morgan fingerprint density at radius 2 is 2.15 bits per heavy atom. The molecule has 1 aliphatic rings. The zero-order valence-electron chi connectivity index (χ0n) is 8.46. The molecule has 0 atom stereocenters. The molecule has 74 valence electrons. The number of hydrogen-bond donors (Lipinski definition) is 0. The lowest BCUT2D eigenvalue weighted by atomic mass is 9.96. The van der Waals surface area contributed by atoms with E-state index in [0.717, 1.165) is 5.57 Å². The smallest absolute Gasteiger partial charge is 0.170 e. The second-order valence-corrected chi connectivity index (χ2v) is 3.81. The summed E-state index contributed by atoms with van der Waals surface area (Å²) in [6.45, 7) is 6.30. The zero-order valence-corrected chi connectivity index (χ0v) is 8.46. The lowest BCUT2D eigenvalue weighted by Crippen LogP contribution is -2.10. The quantitative estimate of drug-likeness (QED) is 0.371. The molecule has 0 saturated heterocycles. The minimum absolute atomic E-state index is 0.513. The number of hydrogen-bond acceptors (Lipinski definition) is 2. The van der Waals surface area contributed by atoms with E-state index in [-0.39, 0.29) is 0 Å². The van der Waals surface area contributed by atoms with Crippen LogP contribution in [-0.2, 0) is 4.74 Å². The van der Waals surface area contributed by atoms with Crippen molar-refractivity contribution in [2.24, 2.45) is 4.99 Å². The van der Waals surface area contributed by atoms with E-state index >= 15 is 0 Å². The molecule has 0 bridgehead atoms. The predicted octanol–water partition coefficient (Wildman–Crippen LogP) is 2.94. The van der Waals surface area contributed by atoms with Crippen LogP contribution in [0.15, 0.2) is 17.1 Å². The lowest BCUT2D eigenvalue weighted by molar-refractivity contribution is 0.347. The van der Waals surface area contributed by atoms with E-state index in [4.69, 9.17) is 4.74 Å². The van der Waals surface area contributed by atoms with Crippen molar-refractivity contribution < 1.29 is 4.74 Å². The van der Waals surface area contributed by atoms with Gasteiger partial charge in [0.1, 0.15) is 6.61 Å². The SMILES string of the molecule is C=C(C)COC=NC1CCCCC1. The van der Waals surface area contributed by atoms with Crippen molar-refractivity contribution in [2.75, 3.05) is 6.61 Å². The Hall–Kier alpha value is -0.790. The highest BCUT2D eigenvalue weighted by molar-refractivity contribution is 5.47. The molecule has 2 nitrogen and oxygen atoms in total. The van der Waals surface area contributed by atoms with Gasteiger partial charge in [-0.05, 0) is 25.3 Å². The first-order valence-corrected chi connectivity index (χ1v) is 5.06. The summed E-state index contributed by atoms with van der Waals surface area (Å²) < 4.78 is 5.21. The average molecular weight is 181 g/mol. The minimum atomic E-state index is 0.513. The first-order chi connectivity index (χ1) is 6.29. The summed E-state index contributed by atoms with van der Waals surface area (Å²) in [5.74, 6) is 0. The molecule has 1 aliphatic carbocycles. The topological polar surface area (TPSA) is 21.6 Å². The van der Waals surface area contributed by atoms with E-state index in [9.17, 15) is 0 Å². The molecule has 0 unspecified atom stereocenters. The van der Waals surface area contributed by atoms with Crippen LogP contribution < -0.4 is 0 Å². The van der Waals surface area contributed by atoms with Gasteiger partial charge in [-0.1, -0.05) is 25.8 Å². The van der Waals surface area contributed by atoms with Crippen molar-refractivity contribution in [3.8, 4) is 0 Å². The van der Waals surface area contributed by atoms with Crippen molar-refractivity contribution in [3.63, 3.8) is 0 Å². The monoisotopic (exact) mass is 181 g/mol. The Balaban J connectivity index is 2.11. The van der Waals surface area contributed by atoms with Crippen LogP contribution in [0, 0.1) is 0 Å². The molecule has 0 aromatic rings. The van der Waals surface area contributed by atoms with Gasteiger partial charge in [-0.15, -0.1) is 0 Å². The van der Waals surface area contributed by atoms with Crippen LogP contribution in [0.1, 0.15) is 39.0 Å². The molecule has 0 heterocycles. The van der Waals surface area contributed by atoms with Crippen LogP contribution >= 0.6 is 0 Å². The Bertz CT molecular complexity index is 181. The number of aliphatic imine (C=N–C) groups is 1. The molecule has 0 amide bonds. The van der Waals surface area contributed by atoms with Gasteiger partial charge < -0.3 is 4.74 Å². The van der Waals surface area contributed by atoms with E-state index in [0.29, 0.717) is 12.6 Å². The maximum Gasteiger partial charge on any atom is 0.170 e. The third kappa shape index (κ3) is 4.71. The summed E-state index contributed by atoms with van der Waals surface area (Å²) in [7, 11) is 0. The molecule has 13 heavy (non-hydrogen) atoms. The Kier molecular flexibility index (Phi) is 4.58. The lowest BCUT2D eigenvalue weighted by Gasteiger charge is -2.16. The third-order valence-corrected chi connectivity index (χ3v) is 2.25. The van der Waals surface area contributed by atoms with Gasteiger partial charge in [-0.25, -0.2) is 0 Å². The molecule has 0 aliphatic heterocycles. The normalized spacial score (nSPS) is 19.2. The number of rotatable bonds is 4. The van der Waals surface area contributed by atoms with Gasteiger partial charge in [0.25, 0.3) is 0 Å². The van der Waals surface area contributed by atoms with Crippen molar-refractivity contribution in [1.82, 2.24) is 0 Å². The van der Waals surface area contributed by atoms with Gasteiger partial charge in [0.15, 0.2) is 6.40 Å².